The van der Waals surface area contributed by atoms with Gasteiger partial charge in [0.05, 0.1) is 6.20 Å². The van der Waals surface area contributed by atoms with Crippen LogP contribution in [0.15, 0.2) is 36.7 Å². The quantitative estimate of drug-likeness (QED) is 0.886. The summed E-state index contributed by atoms with van der Waals surface area (Å²) >= 11 is 0. The number of nitrogens with zero attached hydrogens (tertiary/aromatic N) is 3. The molecule has 1 aliphatic rings. The molecule has 1 aliphatic heterocycles. The molecule has 0 bridgehead atoms. The maximum absolute atomic E-state index is 12.8. The average molecular weight is 319 g/mol. The lowest BCUT2D eigenvalue weighted by Crippen LogP contribution is -2.35. The largest absolute Gasteiger partial charge is 0.491 e. The Labute approximate surface area is 135 Å². The van der Waals surface area contributed by atoms with Crippen LogP contribution in [0.25, 0.3) is 0 Å². The molecular weight excluding hydrogens is 297 g/mol. The Morgan fingerprint density at radius 3 is 2.87 bits per heavy atom. The molecule has 0 saturated carbocycles. The number of β-amino-alcohol motifs (C(OH)–C–C–N with tert-alkyl or cyclic N) is 1. The summed E-state index contributed by atoms with van der Waals surface area (Å²) in [5, 5.41) is 14.5. The minimum Gasteiger partial charge on any atom is -0.491 e. The number of rotatable bonds is 6. The van der Waals surface area contributed by atoms with E-state index in [1.54, 1.807) is 16.8 Å². The summed E-state index contributed by atoms with van der Waals surface area (Å²) in [6.45, 7) is 1.72. The lowest BCUT2D eigenvalue weighted by atomic mass is 10.1. The molecule has 0 radical (unpaired) electrons. The molecule has 2 atom stereocenters. The third-order valence-electron chi connectivity index (χ3n) is 4.17. The molecule has 1 saturated heterocycles. The molecule has 0 amide bonds. The van der Waals surface area contributed by atoms with E-state index in [4.69, 9.17) is 4.74 Å². The van der Waals surface area contributed by atoms with Gasteiger partial charge in [0, 0.05) is 31.4 Å². The van der Waals surface area contributed by atoms with E-state index in [1.165, 1.54) is 17.7 Å². The second-order valence-corrected chi connectivity index (χ2v) is 6.02. The van der Waals surface area contributed by atoms with E-state index in [-0.39, 0.29) is 12.4 Å². The van der Waals surface area contributed by atoms with E-state index in [9.17, 15) is 9.50 Å². The summed E-state index contributed by atoms with van der Waals surface area (Å²) in [6, 6.07) is 6.14. The lowest BCUT2D eigenvalue weighted by Gasteiger charge is -2.26. The number of likely N-dealkylation sites (tertiary alicyclic amines) is 1. The van der Waals surface area contributed by atoms with Crippen molar-refractivity contribution in [2.24, 2.45) is 7.05 Å². The van der Waals surface area contributed by atoms with Crippen LogP contribution >= 0.6 is 0 Å². The van der Waals surface area contributed by atoms with Crippen LogP contribution in [0.4, 0.5) is 4.39 Å². The highest BCUT2D eigenvalue weighted by Gasteiger charge is 2.28. The van der Waals surface area contributed by atoms with E-state index >= 15 is 0 Å². The highest BCUT2D eigenvalue weighted by Crippen LogP contribution is 2.31. The predicted octanol–water partition coefficient (Wildman–Crippen LogP) is 2.14. The Morgan fingerprint density at radius 2 is 2.17 bits per heavy atom. The topological polar surface area (TPSA) is 50.5 Å². The average Bonchev–Trinajstić information content (AvgIpc) is 3.15. The minimum absolute atomic E-state index is 0.196. The zero-order valence-corrected chi connectivity index (χ0v) is 13.2. The predicted molar refractivity (Wildman–Crippen MR) is 84.7 cm³/mol. The van der Waals surface area contributed by atoms with Crippen molar-refractivity contribution in [2.45, 2.75) is 25.0 Å². The van der Waals surface area contributed by atoms with Gasteiger partial charge in [-0.2, -0.15) is 5.10 Å². The van der Waals surface area contributed by atoms with Gasteiger partial charge in [-0.25, -0.2) is 4.39 Å². The van der Waals surface area contributed by atoms with Gasteiger partial charge in [0.1, 0.15) is 24.3 Å². The number of ether oxygens (including phenoxy) is 1. The van der Waals surface area contributed by atoms with Gasteiger partial charge in [-0.1, -0.05) is 0 Å². The smallest absolute Gasteiger partial charge is 0.123 e. The highest BCUT2D eigenvalue weighted by molar-refractivity contribution is 5.22. The molecule has 0 spiro atoms. The second-order valence-electron chi connectivity index (χ2n) is 6.02. The summed E-state index contributed by atoms with van der Waals surface area (Å²) < 4.78 is 20.2. The first-order valence-electron chi connectivity index (χ1n) is 7.91. The fourth-order valence-electron chi connectivity index (χ4n) is 3.08. The molecule has 1 fully saturated rings. The summed E-state index contributed by atoms with van der Waals surface area (Å²) in [7, 11) is 1.91. The molecule has 124 valence electrons. The van der Waals surface area contributed by atoms with Crippen LogP contribution in [0.5, 0.6) is 5.75 Å². The van der Waals surface area contributed by atoms with Crippen molar-refractivity contribution in [3.05, 3.63) is 48.0 Å². The van der Waals surface area contributed by atoms with Crippen LogP contribution in [0, 0.1) is 5.82 Å². The number of aromatic nitrogens is 2. The Bertz CT molecular complexity index is 629. The Kier molecular flexibility index (Phi) is 4.93. The molecule has 5 nitrogen and oxygen atoms in total. The summed E-state index contributed by atoms with van der Waals surface area (Å²) in [5.41, 5.74) is 1.19. The molecule has 6 heteroatoms. The first-order valence-corrected chi connectivity index (χ1v) is 7.91. The molecular formula is C17H22FN3O2. The fourth-order valence-corrected chi connectivity index (χ4v) is 3.08. The zero-order valence-electron chi connectivity index (χ0n) is 13.2. The fraction of sp³-hybridized carbons (Fsp3) is 0.471. The van der Waals surface area contributed by atoms with Crippen LogP contribution < -0.4 is 4.74 Å². The first-order chi connectivity index (χ1) is 11.1. The van der Waals surface area contributed by atoms with Gasteiger partial charge in [0.2, 0.25) is 0 Å². The monoisotopic (exact) mass is 319 g/mol. The van der Waals surface area contributed by atoms with Crippen molar-refractivity contribution in [3.63, 3.8) is 0 Å². The summed E-state index contributed by atoms with van der Waals surface area (Å²) in [6.07, 6.45) is 5.54. The van der Waals surface area contributed by atoms with Crippen molar-refractivity contribution in [2.75, 3.05) is 19.7 Å². The Balaban J connectivity index is 1.52. The summed E-state index contributed by atoms with van der Waals surface area (Å²) in [4.78, 5) is 2.27. The molecule has 3 rings (SSSR count). The van der Waals surface area contributed by atoms with Crippen molar-refractivity contribution in [3.8, 4) is 5.75 Å². The molecule has 0 unspecified atom stereocenters. The highest BCUT2D eigenvalue weighted by atomic mass is 19.1. The van der Waals surface area contributed by atoms with Gasteiger partial charge >= 0.3 is 0 Å². The number of halogens is 1. The molecule has 23 heavy (non-hydrogen) atoms. The normalized spacial score (nSPS) is 19.9. The molecule has 1 N–H and O–H groups in total. The van der Waals surface area contributed by atoms with Crippen molar-refractivity contribution >= 4 is 0 Å². The van der Waals surface area contributed by atoms with Crippen LogP contribution in [0.2, 0.25) is 0 Å². The Morgan fingerprint density at radius 1 is 1.39 bits per heavy atom. The molecule has 1 aromatic carbocycles. The number of hydrogen-bond donors (Lipinski definition) is 1. The number of aryl methyl sites for hydroxylation is 1. The molecule has 0 aliphatic carbocycles. The number of aliphatic hydroxyl groups excluding tert-OH is 1. The van der Waals surface area contributed by atoms with E-state index < -0.39 is 6.10 Å². The molecule has 1 aromatic heterocycles. The van der Waals surface area contributed by atoms with Gasteiger partial charge in [0.15, 0.2) is 0 Å². The van der Waals surface area contributed by atoms with Crippen molar-refractivity contribution in [1.29, 1.82) is 0 Å². The van der Waals surface area contributed by atoms with E-state index in [2.05, 4.69) is 10.00 Å². The van der Waals surface area contributed by atoms with Gasteiger partial charge in [-0.05, 0) is 43.7 Å². The van der Waals surface area contributed by atoms with Gasteiger partial charge < -0.3 is 9.84 Å². The van der Waals surface area contributed by atoms with Crippen LogP contribution in [-0.4, -0.2) is 45.6 Å². The third-order valence-corrected chi connectivity index (χ3v) is 4.17. The number of benzene rings is 1. The van der Waals surface area contributed by atoms with Crippen LogP contribution in [-0.2, 0) is 7.05 Å². The van der Waals surface area contributed by atoms with Gasteiger partial charge in [-0.3, -0.25) is 9.58 Å². The van der Waals surface area contributed by atoms with Gasteiger partial charge in [-0.15, -0.1) is 0 Å². The standard InChI is InChI=1S/C17H22FN3O2/c1-20-10-13(9-19-20)17-3-2-8-21(17)11-15(22)12-23-16-6-4-14(18)5-7-16/h4-7,9-10,15,17,22H,2-3,8,11-12H2,1H3/t15-,17-/m1/s1. The summed E-state index contributed by atoms with van der Waals surface area (Å²) in [5.74, 6) is 0.268. The van der Waals surface area contributed by atoms with Crippen molar-refractivity contribution in [1.82, 2.24) is 14.7 Å². The maximum atomic E-state index is 12.8. The van der Waals surface area contributed by atoms with E-state index in [0.29, 0.717) is 18.3 Å². The number of hydrogen-bond acceptors (Lipinski definition) is 4. The maximum Gasteiger partial charge on any atom is 0.123 e. The first kappa shape index (κ1) is 16.0. The molecule has 2 heterocycles. The SMILES string of the molecule is Cn1cc([C@H]2CCCN2C[C@@H](O)COc2ccc(F)cc2)cn1. The Hall–Kier alpha value is -1.92. The molecule has 2 aromatic rings. The lowest BCUT2D eigenvalue weighted by molar-refractivity contribution is 0.0638. The zero-order chi connectivity index (χ0) is 16.2. The van der Waals surface area contributed by atoms with Crippen LogP contribution in [0.3, 0.4) is 0 Å². The second kappa shape index (κ2) is 7.10. The van der Waals surface area contributed by atoms with Gasteiger partial charge in [0.25, 0.3) is 0 Å². The van der Waals surface area contributed by atoms with Crippen LogP contribution in [0.1, 0.15) is 24.4 Å². The number of aliphatic hydroxyl groups is 1. The van der Waals surface area contributed by atoms with E-state index in [0.717, 1.165) is 19.4 Å². The minimum atomic E-state index is -0.586. The third kappa shape index (κ3) is 4.09. The van der Waals surface area contributed by atoms with Crippen molar-refractivity contribution < 1.29 is 14.2 Å². The van der Waals surface area contributed by atoms with E-state index in [1.807, 2.05) is 19.4 Å².